The fourth-order valence-corrected chi connectivity index (χ4v) is 2.41. The number of ether oxygens (including phenoxy) is 1. The molecule has 0 spiro atoms. The minimum absolute atomic E-state index is 0.500. The molecule has 0 amide bonds. The quantitative estimate of drug-likeness (QED) is 0.845. The SMILES string of the molecule is CC(C1CCOC1)n1cnc(CNC2CC2)c1. The Morgan fingerprint density at radius 2 is 2.41 bits per heavy atom. The molecule has 1 aromatic rings. The normalized spacial score (nSPS) is 26.3. The minimum Gasteiger partial charge on any atom is -0.381 e. The van der Waals surface area contributed by atoms with Gasteiger partial charge in [-0.25, -0.2) is 4.98 Å². The Balaban J connectivity index is 1.57. The Bertz CT molecular complexity index is 366. The molecular formula is C13H21N3O. The van der Waals surface area contributed by atoms with Crippen molar-refractivity contribution >= 4 is 0 Å². The predicted molar refractivity (Wildman–Crippen MR) is 65.7 cm³/mol. The smallest absolute Gasteiger partial charge is 0.0952 e. The van der Waals surface area contributed by atoms with Crippen LogP contribution >= 0.6 is 0 Å². The number of aromatic nitrogens is 2. The molecule has 1 saturated carbocycles. The van der Waals surface area contributed by atoms with Crippen molar-refractivity contribution in [2.24, 2.45) is 5.92 Å². The summed E-state index contributed by atoms with van der Waals surface area (Å²) in [5, 5.41) is 3.49. The van der Waals surface area contributed by atoms with E-state index >= 15 is 0 Å². The summed E-state index contributed by atoms with van der Waals surface area (Å²) in [6, 6.07) is 1.25. The van der Waals surface area contributed by atoms with Crippen LogP contribution < -0.4 is 5.32 Å². The molecule has 2 atom stereocenters. The zero-order chi connectivity index (χ0) is 11.7. The molecule has 3 rings (SSSR count). The lowest BCUT2D eigenvalue weighted by atomic mass is 10.0. The molecule has 17 heavy (non-hydrogen) atoms. The van der Waals surface area contributed by atoms with Crippen LogP contribution in [0.25, 0.3) is 0 Å². The van der Waals surface area contributed by atoms with Gasteiger partial charge in [-0.1, -0.05) is 0 Å². The number of rotatable bonds is 5. The lowest BCUT2D eigenvalue weighted by Crippen LogP contribution is -2.16. The number of hydrogen-bond donors (Lipinski definition) is 1. The van der Waals surface area contributed by atoms with Gasteiger partial charge in [0.05, 0.1) is 18.6 Å². The molecule has 0 bridgehead atoms. The monoisotopic (exact) mass is 235 g/mol. The fourth-order valence-electron chi connectivity index (χ4n) is 2.41. The molecule has 4 nitrogen and oxygen atoms in total. The summed E-state index contributed by atoms with van der Waals surface area (Å²) in [6.07, 6.45) is 7.98. The highest BCUT2D eigenvalue weighted by atomic mass is 16.5. The summed E-state index contributed by atoms with van der Waals surface area (Å²) >= 11 is 0. The van der Waals surface area contributed by atoms with Crippen LogP contribution in [0.4, 0.5) is 0 Å². The molecule has 2 unspecified atom stereocenters. The minimum atomic E-state index is 0.500. The second-order valence-corrected chi connectivity index (χ2v) is 5.33. The van der Waals surface area contributed by atoms with Crippen molar-refractivity contribution < 1.29 is 4.74 Å². The molecule has 94 valence electrons. The van der Waals surface area contributed by atoms with Gasteiger partial charge in [0.2, 0.25) is 0 Å². The number of hydrogen-bond acceptors (Lipinski definition) is 3. The van der Waals surface area contributed by atoms with E-state index in [0.29, 0.717) is 12.0 Å². The zero-order valence-electron chi connectivity index (χ0n) is 10.4. The first kappa shape index (κ1) is 11.2. The molecule has 2 aliphatic rings. The van der Waals surface area contributed by atoms with E-state index in [1.54, 1.807) is 0 Å². The van der Waals surface area contributed by atoms with Gasteiger partial charge >= 0.3 is 0 Å². The molecule has 0 radical (unpaired) electrons. The van der Waals surface area contributed by atoms with Gasteiger partial charge in [-0.3, -0.25) is 0 Å². The molecule has 0 aromatic carbocycles. The highest BCUT2D eigenvalue weighted by molar-refractivity contribution is 4.99. The fraction of sp³-hybridized carbons (Fsp3) is 0.769. The van der Waals surface area contributed by atoms with Crippen molar-refractivity contribution in [3.63, 3.8) is 0 Å². The van der Waals surface area contributed by atoms with Gasteiger partial charge in [-0.15, -0.1) is 0 Å². The Morgan fingerprint density at radius 3 is 3.12 bits per heavy atom. The van der Waals surface area contributed by atoms with Crippen molar-refractivity contribution in [2.45, 2.75) is 44.8 Å². The Labute approximate surface area is 102 Å². The highest BCUT2D eigenvalue weighted by Crippen LogP contribution is 2.26. The van der Waals surface area contributed by atoms with Crippen LogP contribution in [0.3, 0.4) is 0 Å². The molecule has 2 fully saturated rings. The van der Waals surface area contributed by atoms with Crippen molar-refractivity contribution in [3.05, 3.63) is 18.2 Å². The van der Waals surface area contributed by atoms with Crippen LogP contribution in [-0.2, 0) is 11.3 Å². The summed E-state index contributed by atoms with van der Waals surface area (Å²) in [7, 11) is 0. The first-order chi connectivity index (χ1) is 8.33. The Morgan fingerprint density at radius 1 is 1.53 bits per heavy atom. The molecule has 1 aliphatic heterocycles. The lowest BCUT2D eigenvalue weighted by Gasteiger charge is -2.18. The van der Waals surface area contributed by atoms with E-state index in [9.17, 15) is 0 Å². The summed E-state index contributed by atoms with van der Waals surface area (Å²) in [5.41, 5.74) is 1.16. The average molecular weight is 235 g/mol. The van der Waals surface area contributed by atoms with E-state index < -0.39 is 0 Å². The van der Waals surface area contributed by atoms with Crippen LogP contribution in [0.1, 0.15) is 37.9 Å². The van der Waals surface area contributed by atoms with Gasteiger partial charge < -0.3 is 14.6 Å². The maximum atomic E-state index is 5.45. The van der Waals surface area contributed by atoms with Gasteiger partial charge in [-0.05, 0) is 26.2 Å². The van der Waals surface area contributed by atoms with Crippen molar-refractivity contribution in [2.75, 3.05) is 13.2 Å². The number of nitrogens with one attached hydrogen (secondary N) is 1. The lowest BCUT2D eigenvalue weighted by molar-refractivity contribution is 0.175. The van der Waals surface area contributed by atoms with Crippen LogP contribution in [0.2, 0.25) is 0 Å². The number of imidazole rings is 1. The predicted octanol–water partition coefficient (Wildman–Crippen LogP) is 1.73. The zero-order valence-corrected chi connectivity index (χ0v) is 10.4. The molecule has 1 N–H and O–H groups in total. The van der Waals surface area contributed by atoms with Gasteiger partial charge in [0, 0.05) is 37.4 Å². The van der Waals surface area contributed by atoms with E-state index in [-0.39, 0.29) is 0 Å². The van der Waals surface area contributed by atoms with Gasteiger partial charge in [0.1, 0.15) is 0 Å². The second kappa shape index (κ2) is 4.78. The van der Waals surface area contributed by atoms with Crippen molar-refractivity contribution in [3.8, 4) is 0 Å². The molecule has 1 saturated heterocycles. The second-order valence-electron chi connectivity index (χ2n) is 5.33. The summed E-state index contributed by atoms with van der Waals surface area (Å²) in [6.45, 7) is 4.99. The van der Waals surface area contributed by atoms with Crippen molar-refractivity contribution in [1.82, 2.24) is 14.9 Å². The summed E-state index contributed by atoms with van der Waals surface area (Å²) in [5.74, 6) is 0.647. The summed E-state index contributed by atoms with van der Waals surface area (Å²) in [4.78, 5) is 4.47. The van der Waals surface area contributed by atoms with E-state index in [1.807, 2.05) is 6.33 Å². The Kier molecular flexibility index (Phi) is 3.16. The average Bonchev–Trinajstić information content (AvgIpc) is 2.86. The Hall–Kier alpha value is -0.870. The van der Waals surface area contributed by atoms with Gasteiger partial charge in [0.25, 0.3) is 0 Å². The molecule has 1 aliphatic carbocycles. The third kappa shape index (κ3) is 2.69. The van der Waals surface area contributed by atoms with E-state index in [2.05, 4.69) is 28.0 Å². The highest BCUT2D eigenvalue weighted by Gasteiger charge is 2.24. The molecule has 1 aromatic heterocycles. The van der Waals surface area contributed by atoms with E-state index in [4.69, 9.17) is 4.74 Å². The van der Waals surface area contributed by atoms with Gasteiger partial charge in [0.15, 0.2) is 0 Å². The van der Waals surface area contributed by atoms with Crippen LogP contribution in [0.15, 0.2) is 12.5 Å². The largest absolute Gasteiger partial charge is 0.381 e. The van der Waals surface area contributed by atoms with Gasteiger partial charge in [-0.2, -0.15) is 0 Å². The van der Waals surface area contributed by atoms with Crippen LogP contribution in [0.5, 0.6) is 0 Å². The number of nitrogens with zero attached hydrogens (tertiary/aromatic N) is 2. The third-order valence-electron chi connectivity index (χ3n) is 3.92. The molecule has 2 heterocycles. The topological polar surface area (TPSA) is 39.1 Å². The summed E-state index contributed by atoms with van der Waals surface area (Å²) < 4.78 is 7.69. The van der Waals surface area contributed by atoms with Crippen molar-refractivity contribution in [1.29, 1.82) is 0 Å². The van der Waals surface area contributed by atoms with E-state index in [1.165, 1.54) is 19.3 Å². The van der Waals surface area contributed by atoms with E-state index in [0.717, 1.165) is 31.5 Å². The molecule has 4 heteroatoms. The maximum Gasteiger partial charge on any atom is 0.0952 e. The first-order valence-corrected chi connectivity index (χ1v) is 6.66. The molecular weight excluding hydrogens is 214 g/mol. The van der Waals surface area contributed by atoms with Crippen LogP contribution in [-0.4, -0.2) is 28.8 Å². The first-order valence-electron chi connectivity index (χ1n) is 6.66. The standard InChI is InChI=1S/C13H21N3O/c1-10(11-4-5-17-8-11)16-7-13(15-9-16)6-14-12-2-3-12/h7,9-12,14H,2-6,8H2,1H3. The third-order valence-corrected chi connectivity index (χ3v) is 3.92. The van der Waals surface area contributed by atoms with Crippen LogP contribution in [0, 0.1) is 5.92 Å². The maximum absolute atomic E-state index is 5.45.